The van der Waals surface area contributed by atoms with Crippen molar-refractivity contribution in [3.8, 4) is 5.75 Å². The van der Waals surface area contributed by atoms with E-state index in [1.54, 1.807) is 13.2 Å². The van der Waals surface area contributed by atoms with E-state index in [0.717, 1.165) is 16.5 Å². The number of benzene rings is 2. The van der Waals surface area contributed by atoms with Gasteiger partial charge in [-0.15, -0.1) is 0 Å². The third-order valence-corrected chi connectivity index (χ3v) is 2.85. The van der Waals surface area contributed by atoms with Crippen LogP contribution in [-0.4, -0.2) is 30.8 Å². The molecule has 5 nitrogen and oxygen atoms in total. The number of hydrogen-bond acceptors (Lipinski definition) is 4. The van der Waals surface area contributed by atoms with Gasteiger partial charge in [-0.2, -0.15) is 0 Å². The lowest BCUT2D eigenvalue weighted by molar-refractivity contribution is -0.118. The largest absolute Gasteiger partial charge is 0.497 e. The summed E-state index contributed by atoms with van der Waals surface area (Å²) >= 11 is 0. The van der Waals surface area contributed by atoms with Gasteiger partial charge in [0.1, 0.15) is 11.8 Å². The first-order valence-corrected chi connectivity index (χ1v) is 5.89. The average molecular weight is 260 g/mol. The molecule has 2 aromatic carbocycles. The molecule has 0 aliphatic rings. The second-order valence-electron chi connectivity index (χ2n) is 4.21. The molecule has 5 heteroatoms. The second kappa shape index (κ2) is 5.69. The van der Waals surface area contributed by atoms with Gasteiger partial charge in [0.15, 0.2) is 0 Å². The number of fused-ring (bicyclic) bond motifs is 1. The highest BCUT2D eigenvalue weighted by Gasteiger charge is 2.12. The number of rotatable bonds is 4. The number of anilines is 1. The SMILES string of the molecule is COc1ccc2cc(NC(=O)C(N)CO)ccc2c1. The zero-order valence-corrected chi connectivity index (χ0v) is 10.6. The van der Waals surface area contributed by atoms with Gasteiger partial charge in [0.2, 0.25) is 5.91 Å². The Morgan fingerprint density at radius 3 is 2.68 bits per heavy atom. The van der Waals surface area contributed by atoms with Crippen molar-refractivity contribution in [2.45, 2.75) is 6.04 Å². The minimum atomic E-state index is -0.911. The number of carbonyl (C=O) groups is 1. The molecule has 0 saturated heterocycles. The van der Waals surface area contributed by atoms with E-state index in [2.05, 4.69) is 5.32 Å². The zero-order chi connectivity index (χ0) is 13.8. The molecule has 19 heavy (non-hydrogen) atoms. The topological polar surface area (TPSA) is 84.6 Å². The van der Waals surface area contributed by atoms with Gasteiger partial charge in [0.05, 0.1) is 13.7 Å². The lowest BCUT2D eigenvalue weighted by Gasteiger charge is -2.10. The number of hydrogen-bond donors (Lipinski definition) is 3. The van der Waals surface area contributed by atoms with Crippen molar-refractivity contribution in [2.75, 3.05) is 19.0 Å². The summed E-state index contributed by atoms with van der Waals surface area (Å²) in [4.78, 5) is 11.6. The van der Waals surface area contributed by atoms with Crippen molar-refractivity contribution >= 4 is 22.4 Å². The molecular weight excluding hydrogens is 244 g/mol. The lowest BCUT2D eigenvalue weighted by Crippen LogP contribution is -2.38. The van der Waals surface area contributed by atoms with Crippen LogP contribution < -0.4 is 15.8 Å². The number of methoxy groups -OCH3 is 1. The fourth-order valence-electron chi connectivity index (χ4n) is 1.75. The fraction of sp³-hybridized carbons (Fsp3) is 0.214. The highest BCUT2D eigenvalue weighted by molar-refractivity contribution is 5.97. The quantitative estimate of drug-likeness (QED) is 0.768. The van der Waals surface area contributed by atoms with Crippen LogP contribution in [-0.2, 0) is 4.79 Å². The maximum Gasteiger partial charge on any atom is 0.243 e. The monoisotopic (exact) mass is 260 g/mol. The third-order valence-electron chi connectivity index (χ3n) is 2.85. The van der Waals surface area contributed by atoms with Crippen LogP contribution >= 0.6 is 0 Å². The molecular formula is C14H16N2O3. The number of aliphatic hydroxyl groups excluding tert-OH is 1. The average Bonchev–Trinajstić information content (AvgIpc) is 2.45. The predicted octanol–water partition coefficient (Wildman–Crippen LogP) is 1.11. The normalized spacial score (nSPS) is 12.2. The van der Waals surface area contributed by atoms with Crippen LogP contribution in [0, 0.1) is 0 Å². The second-order valence-corrected chi connectivity index (χ2v) is 4.21. The van der Waals surface area contributed by atoms with Gasteiger partial charge in [0, 0.05) is 5.69 Å². The Morgan fingerprint density at radius 1 is 1.32 bits per heavy atom. The lowest BCUT2D eigenvalue weighted by atomic mass is 10.1. The van der Waals surface area contributed by atoms with Crippen LogP contribution in [0.4, 0.5) is 5.69 Å². The molecule has 1 unspecified atom stereocenters. The minimum absolute atomic E-state index is 0.378. The van der Waals surface area contributed by atoms with Crippen LogP contribution in [0.25, 0.3) is 10.8 Å². The van der Waals surface area contributed by atoms with Crippen LogP contribution in [0.5, 0.6) is 5.75 Å². The molecule has 0 radical (unpaired) electrons. The van der Waals surface area contributed by atoms with Crippen molar-refractivity contribution in [1.82, 2.24) is 0 Å². The summed E-state index contributed by atoms with van der Waals surface area (Å²) in [5, 5.41) is 13.5. The summed E-state index contributed by atoms with van der Waals surface area (Å²) in [6.07, 6.45) is 0. The molecule has 0 heterocycles. The Bertz CT molecular complexity index is 598. The summed E-state index contributed by atoms with van der Waals surface area (Å²) in [5.41, 5.74) is 6.08. The van der Waals surface area contributed by atoms with Gasteiger partial charge in [-0.3, -0.25) is 4.79 Å². The fourth-order valence-corrected chi connectivity index (χ4v) is 1.75. The molecule has 1 amide bonds. The molecule has 0 aliphatic carbocycles. The standard InChI is InChI=1S/C14H16N2O3/c1-19-12-5-3-9-6-11(4-2-10(9)7-12)16-14(18)13(15)8-17/h2-7,13,17H,8,15H2,1H3,(H,16,18). The first-order chi connectivity index (χ1) is 9.13. The van der Waals surface area contributed by atoms with Crippen LogP contribution in [0.3, 0.4) is 0 Å². The van der Waals surface area contributed by atoms with E-state index in [1.165, 1.54) is 0 Å². The van der Waals surface area contributed by atoms with E-state index in [-0.39, 0.29) is 6.61 Å². The van der Waals surface area contributed by atoms with Crippen molar-refractivity contribution < 1.29 is 14.6 Å². The molecule has 0 aliphatic heterocycles. The van der Waals surface area contributed by atoms with E-state index in [1.807, 2.05) is 30.3 Å². The van der Waals surface area contributed by atoms with Gasteiger partial charge in [-0.25, -0.2) is 0 Å². The van der Waals surface area contributed by atoms with Gasteiger partial charge in [-0.1, -0.05) is 12.1 Å². The van der Waals surface area contributed by atoms with E-state index < -0.39 is 11.9 Å². The van der Waals surface area contributed by atoms with E-state index in [0.29, 0.717) is 5.69 Å². The Kier molecular flexibility index (Phi) is 3.99. The first kappa shape index (κ1) is 13.3. The number of aliphatic hydroxyl groups is 1. The predicted molar refractivity (Wildman–Crippen MR) is 74.2 cm³/mol. The van der Waals surface area contributed by atoms with Crippen molar-refractivity contribution in [1.29, 1.82) is 0 Å². The van der Waals surface area contributed by atoms with E-state index >= 15 is 0 Å². The molecule has 4 N–H and O–H groups in total. The van der Waals surface area contributed by atoms with Crippen LogP contribution in [0.2, 0.25) is 0 Å². The highest BCUT2D eigenvalue weighted by atomic mass is 16.5. The zero-order valence-electron chi connectivity index (χ0n) is 10.6. The number of carbonyl (C=O) groups excluding carboxylic acids is 1. The van der Waals surface area contributed by atoms with Gasteiger partial charge in [-0.05, 0) is 35.0 Å². The molecule has 0 fully saturated rings. The number of nitrogens with one attached hydrogen (secondary N) is 1. The third kappa shape index (κ3) is 3.01. The summed E-state index contributed by atoms with van der Waals surface area (Å²) in [6.45, 7) is -0.378. The first-order valence-electron chi connectivity index (χ1n) is 5.89. The van der Waals surface area contributed by atoms with Gasteiger partial charge < -0.3 is 20.9 Å². The van der Waals surface area contributed by atoms with Crippen molar-refractivity contribution in [2.24, 2.45) is 5.73 Å². The summed E-state index contributed by atoms with van der Waals surface area (Å²) < 4.78 is 5.15. The smallest absolute Gasteiger partial charge is 0.243 e. The van der Waals surface area contributed by atoms with Crippen LogP contribution in [0.1, 0.15) is 0 Å². The Balaban J connectivity index is 2.24. The molecule has 0 bridgehead atoms. The maximum absolute atomic E-state index is 11.6. The molecule has 100 valence electrons. The van der Waals surface area contributed by atoms with E-state index in [9.17, 15) is 4.79 Å². The molecule has 0 aromatic heterocycles. The number of amides is 1. The van der Waals surface area contributed by atoms with Crippen LogP contribution in [0.15, 0.2) is 36.4 Å². The Labute approximate surface area is 111 Å². The molecule has 0 spiro atoms. The van der Waals surface area contributed by atoms with E-state index in [4.69, 9.17) is 15.6 Å². The molecule has 2 aromatic rings. The summed E-state index contributed by atoms with van der Waals surface area (Å²) in [5.74, 6) is 0.377. The molecule has 1 atom stereocenters. The Hall–Kier alpha value is -2.11. The molecule has 0 saturated carbocycles. The van der Waals surface area contributed by atoms with Crippen molar-refractivity contribution in [3.63, 3.8) is 0 Å². The minimum Gasteiger partial charge on any atom is -0.497 e. The number of nitrogens with two attached hydrogens (primary N) is 1. The summed E-state index contributed by atoms with van der Waals surface area (Å²) in [7, 11) is 1.62. The molecule has 2 rings (SSSR count). The van der Waals surface area contributed by atoms with Crippen molar-refractivity contribution in [3.05, 3.63) is 36.4 Å². The van der Waals surface area contributed by atoms with Gasteiger partial charge in [0.25, 0.3) is 0 Å². The Morgan fingerprint density at radius 2 is 2.00 bits per heavy atom. The van der Waals surface area contributed by atoms with Gasteiger partial charge >= 0.3 is 0 Å². The summed E-state index contributed by atoms with van der Waals surface area (Å²) in [6, 6.07) is 10.3. The highest BCUT2D eigenvalue weighted by Crippen LogP contribution is 2.23. The number of ether oxygens (including phenoxy) is 1. The maximum atomic E-state index is 11.6.